The zero-order chi connectivity index (χ0) is 17.4. The van der Waals surface area contributed by atoms with Gasteiger partial charge in [0.15, 0.2) is 5.65 Å². The van der Waals surface area contributed by atoms with E-state index >= 15 is 0 Å². The lowest BCUT2D eigenvalue weighted by atomic mass is 9.91. The second-order valence-corrected chi connectivity index (χ2v) is 7.63. The first-order chi connectivity index (χ1) is 12.0. The van der Waals surface area contributed by atoms with Crippen LogP contribution in [0.5, 0.6) is 0 Å². The van der Waals surface area contributed by atoms with Crippen molar-refractivity contribution in [2.24, 2.45) is 5.73 Å². The normalized spacial score (nSPS) is 17.9. The number of hydrogen-bond donors (Lipinski definition) is 4. The Morgan fingerprint density at radius 2 is 2.00 bits per heavy atom. The molecule has 1 fully saturated rings. The van der Waals surface area contributed by atoms with E-state index in [0.29, 0.717) is 0 Å². The maximum absolute atomic E-state index is 6.24. The van der Waals surface area contributed by atoms with Crippen LogP contribution in [0.15, 0.2) is 30.5 Å². The lowest BCUT2D eigenvalue weighted by Gasteiger charge is -2.36. The van der Waals surface area contributed by atoms with Crippen LogP contribution in [0.2, 0.25) is 5.02 Å². The van der Waals surface area contributed by atoms with Gasteiger partial charge in [0.05, 0.1) is 5.39 Å². The molecule has 6 nitrogen and oxygen atoms in total. The van der Waals surface area contributed by atoms with Gasteiger partial charge < -0.3 is 16.0 Å². The molecule has 2 aromatic heterocycles. The molecule has 0 radical (unpaired) electrons. The summed E-state index contributed by atoms with van der Waals surface area (Å²) in [5.41, 5.74) is 9.29. The Bertz CT molecular complexity index is 853. The predicted molar refractivity (Wildman–Crippen MR) is 102 cm³/mol. The van der Waals surface area contributed by atoms with Gasteiger partial charge in [-0.05, 0) is 49.6 Å². The first-order valence-corrected chi connectivity index (χ1v) is 8.96. The predicted octanol–water partition coefficient (Wildman–Crippen LogP) is 3.60. The molecule has 7 heteroatoms. The van der Waals surface area contributed by atoms with E-state index in [1.807, 2.05) is 24.3 Å². The maximum atomic E-state index is 6.24. The number of nitrogens with one attached hydrogen (secondary N) is 3. The molecule has 0 bridgehead atoms. The van der Waals surface area contributed by atoms with Crippen LogP contribution in [-0.2, 0) is 6.54 Å². The lowest BCUT2D eigenvalue weighted by Crippen LogP contribution is -2.47. The highest BCUT2D eigenvalue weighted by molar-refractivity contribution is 6.30. The molecule has 1 aliphatic heterocycles. The smallest absolute Gasteiger partial charge is 0.161 e. The largest absolute Gasteiger partial charge is 0.344 e. The quantitative estimate of drug-likeness (QED) is 0.574. The average Bonchev–Trinajstić information content (AvgIpc) is 3.16. The van der Waals surface area contributed by atoms with Gasteiger partial charge in [0.25, 0.3) is 0 Å². The molecule has 0 saturated carbocycles. The van der Waals surface area contributed by atoms with Crippen LogP contribution in [-0.4, -0.2) is 38.7 Å². The Labute approximate surface area is 151 Å². The second-order valence-electron chi connectivity index (χ2n) is 7.20. The number of anilines is 2. The van der Waals surface area contributed by atoms with Gasteiger partial charge in [0, 0.05) is 42.1 Å². The third-order valence-electron chi connectivity index (χ3n) is 4.98. The van der Waals surface area contributed by atoms with E-state index in [1.54, 1.807) is 0 Å². The minimum absolute atomic E-state index is 0.0269. The molecule has 5 N–H and O–H groups in total. The summed E-state index contributed by atoms with van der Waals surface area (Å²) in [4.78, 5) is 5.71. The van der Waals surface area contributed by atoms with E-state index in [0.717, 1.165) is 60.0 Å². The molecule has 3 aromatic rings. The fourth-order valence-electron chi connectivity index (χ4n) is 3.34. The number of rotatable bonds is 4. The van der Waals surface area contributed by atoms with Gasteiger partial charge in [0.1, 0.15) is 5.82 Å². The summed E-state index contributed by atoms with van der Waals surface area (Å²) in [5, 5.41) is 12.7. The molecule has 0 unspecified atom stereocenters. The first kappa shape index (κ1) is 16.4. The Morgan fingerprint density at radius 3 is 2.72 bits per heavy atom. The molecule has 1 aromatic carbocycles. The third-order valence-corrected chi connectivity index (χ3v) is 5.23. The molecule has 25 heavy (non-hydrogen) atoms. The van der Waals surface area contributed by atoms with Gasteiger partial charge in [-0.3, -0.25) is 10.00 Å². The van der Waals surface area contributed by atoms with Gasteiger partial charge in [-0.15, -0.1) is 0 Å². The van der Waals surface area contributed by atoms with Crippen molar-refractivity contribution in [2.45, 2.75) is 31.8 Å². The minimum Gasteiger partial charge on any atom is -0.344 e. The van der Waals surface area contributed by atoms with Crippen molar-refractivity contribution in [3.05, 3.63) is 41.0 Å². The van der Waals surface area contributed by atoms with Crippen LogP contribution in [0.1, 0.15) is 25.3 Å². The molecular formula is C18H23ClN6. The van der Waals surface area contributed by atoms with Crippen molar-refractivity contribution in [1.29, 1.82) is 0 Å². The number of aromatic nitrogens is 3. The molecule has 0 atom stereocenters. The van der Waals surface area contributed by atoms with Gasteiger partial charge in [-0.25, -0.2) is 0 Å². The lowest BCUT2D eigenvalue weighted by molar-refractivity contribution is 0.165. The molecule has 4 rings (SSSR count). The number of halogens is 1. The van der Waals surface area contributed by atoms with E-state index < -0.39 is 0 Å². The SMILES string of the molecule is CC1(N)CCN(Cc2c[nH]c3n[nH]c(Nc4ccc(Cl)cc4)c23)CC1. The summed E-state index contributed by atoms with van der Waals surface area (Å²) < 4.78 is 0. The first-order valence-electron chi connectivity index (χ1n) is 8.58. The minimum atomic E-state index is -0.0269. The number of H-pyrrole nitrogens is 2. The topological polar surface area (TPSA) is 85.8 Å². The average molecular weight is 359 g/mol. The summed E-state index contributed by atoms with van der Waals surface area (Å²) in [5.74, 6) is 0.897. The Kier molecular flexibility index (Phi) is 4.19. The summed E-state index contributed by atoms with van der Waals surface area (Å²) >= 11 is 5.96. The molecule has 0 aliphatic carbocycles. The molecule has 0 amide bonds. The molecule has 0 spiro atoms. The van der Waals surface area contributed by atoms with E-state index in [-0.39, 0.29) is 5.54 Å². The number of nitrogens with zero attached hydrogens (tertiary/aromatic N) is 2. The Balaban J connectivity index is 1.54. The maximum Gasteiger partial charge on any atom is 0.161 e. The fraction of sp³-hybridized carbons (Fsp3) is 0.389. The molecular weight excluding hydrogens is 336 g/mol. The summed E-state index contributed by atoms with van der Waals surface area (Å²) in [6, 6.07) is 7.64. The number of fused-ring (bicyclic) bond motifs is 1. The van der Waals surface area contributed by atoms with Gasteiger partial charge in [-0.1, -0.05) is 11.6 Å². The summed E-state index contributed by atoms with van der Waals surface area (Å²) in [6.45, 7) is 5.09. The fourth-order valence-corrected chi connectivity index (χ4v) is 3.47. The van der Waals surface area contributed by atoms with Crippen LogP contribution < -0.4 is 11.1 Å². The van der Waals surface area contributed by atoms with Gasteiger partial charge >= 0.3 is 0 Å². The molecule has 132 valence electrons. The zero-order valence-electron chi connectivity index (χ0n) is 14.3. The van der Waals surface area contributed by atoms with Gasteiger partial charge in [0.2, 0.25) is 0 Å². The van der Waals surface area contributed by atoms with Crippen LogP contribution in [0.4, 0.5) is 11.5 Å². The van der Waals surface area contributed by atoms with Crippen molar-refractivity contribution in [1.82, 2.24) is 20.1 Å². The van der Waals surface area contributed by atoms with Crippen molar-refractivity contribution < 1.29 is 0 Å². The number of piperidine rings is 1. The van der Waals surface area contributed by atoms with Crippen LogP contribution in [0.25, 0.3) is 11.0 Å². The van der Waals surface area contributed by atoms with E-state index in [1.165, 1.54) is 5.56 Å². The third kappa shape index (κ3) is 3.51. The van der Waals surface area contributed by atoms with E-state index in [4.69, 9.17) is 17.3 Å². The van der Waals surface area contributed by atoms with Crippen molar-refractivity contribution >= 4 is 34.1 Å². The van der Waals surface area contributed by atoms with Crippen LogP contribution in [0, 0.1) is 0 Å². The zero-order valence-corrected chi connectivity index (χ0v) is 15.0. The van der Waals surface area contributed by atoms with E-state index in [2.05, 4.69) is 38.5 Å². The molecule has 1 aliphatic rings. The second kappa shape index (κ2) is 6.37. The number of likely N-dealkylation sites (tertiary alicyclic amines) is 1. The van der Waals surface area contributed by atoms with Crippen LogP contribution >= 0.6 is 11.6 Å². The highest BCUT2D eigenvalue weighted by Crippen LogP contribution is 2.29. The number of benzene rings is 1. The van der Waals surface area contributed by atoms with Crippen molar-refractivity contribution in [3.8, 4) is 0 Å². The van der Waals surface area contributed by atoms with Crippen LogP contribution in [0.3, 0.4) is 0 Å². The number of hydrogen-bond acceptors (Lipinski definition) is 4. The Morgan fingerprint density at radius 1 is 1.28 bits per heavy atom. The molecule has 3 heterocycles. The summed E-state index contributed by atoms with van der Waals surface area (Å²) in [6.07, 6.45) is 4.11. The monoisotopic (exact) mass is 358 g/mol. The van der Waals surface area contributed by atoms with Crippen molar-refractivity contribution in [3.63, 3.8) is 0 Å². The van der Waals surface area contributed by atoms with Crippen molar-refractivity contribution in [2.75, 3.05) is 18.4 Å². The highest BCUT2D eigenvalue weighted by atomic mass is 35.5. The van der Waals surface area contributed by atoms with E-state index in [9.17, 15) is 0 Å². The highest BCUT2D eigenvalue weighted by Gasteiger charge is 2.26. The molecule has 1 saturated heterocycles. The summed E-state index contributed by atoms with van der Waals surface area (Å²) in [7, 11) is 0. The standard InChI is InChI=1S/C18H23ClN6/c1-18(20)6-8-25(9-7-18)11-12-10-21-16-15(12)17(24-23-16)22-14-4-2-13(19)3-5-14/h2-5,10H,6-9,11,20H2,1H3,(H3,21,22,23,24). The number of nitrogens with two attached hydrogens (primary N) is 1. The van der Waals surface area contributed by atoms with Gasteiger partial charge in [-0.2, -0.15) is 5.10 Å². The number of aromatic amines is 2. The Hall–Kier alpha value is -2.02.